The van der Waals surface area contributed by atoms with Crippen molar-refractivity contribution in [2.45, 2.75) is 40.0 Å². The fourth-order valence-corrected chi connectivity index (χ4v) is 2.60. The van der Waals surface area contributed by atoms with E-state index in [9.17, 15) is 9.59 Å². The minimum absolute atomic E-state index is 0.0575. The Bertz CT molecular complexity index is 323. The van der Waals surface area contributed by atoms with E-state index < -0.39 is 0 Å². The van der Waals surface area contributed by atoms with Crippen molar-refractivity contribution in [1.82, 2.24) is 9.80 Å². The van der Waals surface area contributed by atoms with Crippen LogP contribution < -0.4 is 5.73 Å². The van der Waals surface area contributed by atoms with Crippen molar-refractivity contribution in [3.8, 4) is 0 Å². The van der Waals surface area contributed by atoms with Gasteiger partial charge in [0.2, 0.25) is 11.8 Å². The Kier molecular flexibility index (Phi) is 6.99. The molecule has 0 spiro atoms. The van der Waals surface area contributed by atoms with E-state index >= 15 is 0 Å². The van der Waals surface area contributed by atoms with E-state index in [2.05, 4.69) is 6.92 Å². The fourth-order valence-electron chi connectivity index (χ4n) is 2.60. The number of nitrogens with two attached hydrogens (primary N) is 1. The summed E-state index contributed by atoms with van der Waals surface area (Å²) in [6.45, 7) is 9.17. The number of hydrogen-bond acceptors (Lipinski definition) is 3. The van der Waals surface area contributed by atoms with Crippen LogP contribution in [-0.4, -0.2) is 54.3 Å². The summed E-state index contributed by atoms with van der Waals surface area (Å²) in [7, 11) is 0. The number of hydrogen-bond donors (Lipinski definition) is 1. The molecule has 0 aromatic carbocycles. The van der Waals surface area contributed by atoms with Crippen LogP contribution in [0.3, 0.4) is 0 Å². The molecule has 1 rings (SSSR count). The van der Waals surface area contributed by atoms with Crippen molar-refractivity contribution in [2.24, 2.45) is 17.6 Å². The molecule has 20 heavy (non-hydrogen) atoms. The Morgan fingerprint density at radius 3 is 2.10 bits per heavy atom. The van der Waals surface area contributed by atoms with E-state index in [1.54, 1.807) is 0 Å². The highest BCUT2D eigenvalue weighted by atomic mass is 16.2. The van der Waals surface area contributed by atoms with Crippen LogP contribution in [-0.2, 0) is 9.59 Å². The maximum absolute atomic E-state index is 12.3. The lowest BCUT2D eigenvalue weighted by Crippen LogP contribution is -2.52. The molecule has 1 aliphatic rings. The predicted molar refractivity (Wildman–Crippen MR) is 80.1 cm³/mol. The van der Waals surface area contributed by atoms with Gasteiger partial charge in [0.15, 0.2) is 0 Å². The van der Waals surface area contributed by atoms with Crippen LogP contribution in [0, 0.1) is 11.8 Å². The molecular formula is C15H29N3O2. The van der Waals surface area contributed by atoms with Gasteiger partial charge in [-0.25, -0.2) is 0 Å². The van der Waals surface area contributed by atoms with Crippen LogP contribution in [0.2, 0.25) is 0 Å². The molecule has 1 unspecified atom stereocenters. The highest BCUT2D eigenvalue weighted by molar-refractivity contribution is 5.80. The maximum Gasteiger partial charge on any atom is 0.227 e. The summed E-state index contributed by atoms with van der Waals surface area (Å²) in [6.07, 6.45) is 2.41. The summed E-state index contributed by atoms with van der Waals surface area (Å²) in [5, 5.41) is 0. The number of carbonyl (C=O) groups is 2. The van der Waals surface area contributed by atoms with Crippen molar-refractivity contribution >= 4 is 11.8 Å². The standard InChI is InChI=1S/C15H29N3O2/c1-4-5-13(11-16)15(20)18-8-6-17(7-9-18)14(19)10-12(2)3/h12-13H,4-11,16H2,1-3H3. The van der Waals surface area contributed by atoms with Gasteiger partial charge in [0.05, 0.1) is 5.92 Å². The SMILES string of the molecule is CCCC(CN)C(=O)N1CCN(C(=O)CC(C)C)CC1. The third kappa shape index (κ3) is 4.78. The molecule has 0 aromatic rings. The predicted octanol–water partition coefficient (Wildman–Crippen LogP) is 1.08. The molecule has 1 atom stereocenters. The normalized spacial score (nSPS) is 17.4. The van der Waals surface area contributed by atoms with Gasteiger partial charge in [0.25, 0.3) is 0 Å². The average molecular weight is 283 g/mol. The Morgan fingerprint density at radius 1 is 1.10 bits per heavy atom. The third-order valence-corrected chi connectivity index (χ3v) is 3.80. The second kappa shape index (κ2) is 8.25. The van der Waals surface area contributed by atoms with Crippen LogP contribution in [0.1, 0.15) is 40.0 Å². The van der Waals surface area contributed by atoms with Gasteiger partial charge in [-0.05, 0) is 12.3 Å². The van der Waals surface area contributed by atoms with Gasteiger partial charge in [0.1, 0.15) is 0 Å². The average Bonchev–Trinajstić information content (AvgIpc) is 2.43. The van der Waals surface area contributed by atoms with Gasteiger partial charge in [-0.1, -0.05) is 27.2 Å². The monoisotopic (exact) mass is 283 g/mol. The Hall–Kier alpha value is -1.10. The largest absolute Gasteiger partial charge is 0.339 e. The molecule has 1 saturated heterocycles. The van der Waals surface area contributed by atoms with Crippen molar-refractivity contribution < 1.29 is 9.59 Å². The molecule has 0 aromatic heterocycles. The second-order valence-corrected chi connectivity index (χ2v) is 6.03. The van der Waals surface area contributed by atoms with Crippen LogP contribution in [0.25, 0.3) is 0 Å². The molecule has 5 nitrogen and oxygen atoms in total. The maximum atomic E-state index is 12.3. The van der Waals surface area contributed by atoms with E-state index in [-0.39, 0.29) is 17.7 Å². The molecule has 1 fully saturated rings. The van der Waals surface area contributed by atoms with Gasteiger partial charge in [-0.2, -0.15) is 0 Å². The zero-order chi connectivity index (χ0) is 15.1. The molecule has 2 N–H and O–H groups in total. The lowest BCUT2D eigenvalue weighted by molar-refractivity contribution is -0.142. The van der Waals surface area contributed by atoms with E-state index in [0.29, 0.717) is 45.1 Å². The summed E-state index contributed by atoms with van der Waals surface area (Å²) < 4.78 is 0. The quantitative estimate of drug-likeness (QED) is 0.793. The Balaban J connectivity index is 2.45. The first-order valence-electron chi connectivity index (χ1n) is 7.76. The molecule has 1 heterocycles. The van der Waals surface area contributed by atoms with Gasteiger partial charge >= 0.3 is 0 Å². The molecule has 5 heteroatoms. The first kappa shape index (κ1) is 17.0. The summed E-state index contributed by atoms with van der Waals surface area (Å²) in [6, 6.07) is 0. The van der Waals surface area contributed by atoms with Crippen molar-refractivity contribution in [1.29, 1.82) is 0 Å². The smallest absolute Gasteiger partial charge is 0.227 e. The van der Waals surface area contributed by atoms with E-state index in [1.807, 2.05) is 23.6 Å². The number of carbonyl (C=O) groups excluding carboxylic acids is 2. The second-order valence-electron chi connectivity index (χ2n) is 6.03. The van der Waals surface area contributed by atoms with E-state index in [4.69, 9.17) is 5.73 Å². The summed E-state index contributed by atoms with van der Waals surface area (Å²) >= 11 is 0. The van der Waals surface area contributed by atoms with Crippen molar-refractivity contribution in [3.63, 3.8) is 0 Å². The minimum Gasteiger partial charge on any atom is -0.339 e. The number of piperazine rings is 1. The number of amides is 2. The van der Waals surface area contributed by atoms with Crippen LogP contribution in [0.5, 0.6) is 0 Å². The van der Waals surface area contributed by atoms with Crippen molar-refractivity contribution in [2.75, 3.05) is 32.7 Å². The zero-order valence-corrected chi connectivity index (χ0v) is 13.1. The summed E-state index contributed by atoms with van der Waals surface area (Å²) in [5.74, 6) is 0.688. The lowest BCUT2D eigenvalue weighted by Gasteiger charge is -2.36. The molecule has 0 bridgehead atoms. The van der Waals surface area contributed by atoms with Crippen LogP contribution >= 0.6 is 0 Å². The number of nitrogens with zero attached hydrogens (tertiary/aromatic N) is 2. The Labute approximate surface area is 122 Å². The molecule has 1 aliphatic heterocycles. The van der Waals surface area contributed by atoms with Gasteiger partial charge < -0.3 is 15.5 Å². The molecular weight excluding hydrogens is 254 g/mol. The lowest BCUT2D eigenvalue weighted by atomic mass is 10.0. The molecule has 0 saturated carbocycles. The van der Waals surface area contributed by atoms with Crippen LogP contribution in [0.15, 0.2) is 0 Å². The molecule has 2 amide bonds. The number of rotatable bonds is 6. The van der Waals surface area contributed by atoms with Gasteiger partial charge in [-0.15, -0.1) is 0 Å². The summed E-state index contributed by atoms with van der Waals surface area (Å²) in [5.41, 5.74) is 5.68. The Morgan fingerprint density at radius 2 is 1.65 bits per heavy atom. The highest BCUT2D eigenvalue weighted by Gasteiger charge is 2.27. The third-order valence-electron chi connectivity index (χ3n) is 3.80. The zero-order valence-electron chi connectivity index (χ0n) is 13.1. The van der Waals surface area contributed by atoms with Gasteiger partial charge in [-0.3, -0.25) is 9.59 Å². The minimum atomic E-state index is -0.0575. The first-order chi connectivity index (χ1) is 9.49. The molecule has 0 radical (unpaired) electrons. The molecule has 0 aliphatic carbocycles. The summed E-state index contributed by atoms with van der Waals surface area (Å²) in [4.78, 5) is 28.0. The van der Waals surface area contributed by atoms with Crippen molar-refractivity contribution in [3.05, 3.63) is 0 Å². The van der Waals surface area contributed by atoms with Gasteiger partial charge in [0, 0.05) is 39.1 Å². The topological polar surface area (TPSA) is 66.6 Å². The first-order valence-corrected chi connectivity index (χ1v) is 7.76. The van der Waals surface area contributed by atoms with E-state index in [1.165, 1.54) is 0 Å². The van der Waals surface area contributed by atoms with E-state index in [0.717, 1.165) is 12.8 Å². The molecule has 116 valence electrons. The fraction of sp³-hybridized carbons (Fsp3) is 0.867. The van der Waals surface area contributed by atoms with Crippen LogP contribution in [0.4, 0.5) is 0 Å². The highest BCUT2D eigenvalue weighted by Crippen LogP contribution is 2.13.